The summed E-state index contributed by atoms with van der Waals surface area (Å²) in [5.74, 6) is -1.28. The Bertz CT molecular complexity index is 943. The van der Waals surface area contributed by atoms with Gasteiger partial charge in [0.2, 0.25) is 0 Å². The SMILES string of the molecule is C[C@]12CC[C@H](OC(=O)CCC(=O)O)C[C@H]1CC[C@@H]1[C@@H]2C[C@@H](O)[C@]2(C)[C@@H](C3=CC(=O)OC3)CC[C@]12O. The van der Waals surface area contributed by atoms with Crippen molar-refractivity contribution < 1.29 is 39.2 Å². The zero-order chi connectivity index (χ0) is 25.2. The fourth-order valence-corrected chi connectivity index (χ4v) is 8.91. The number of carbonyl (C=O) groups excluding carboxylic acids is 2. The number of cyclic esters (lactones) is 1. The van der Waals surface area contributed by atoms with Crippen LogP contribution in [0, 0.1) is 34.5 Å². The van der Waals surface area contributed by atoms with Crippen molar-refractivity contribution >= 4 is 17.9 Å². The first-order chi connectivity index (χ1) is 16.5. The van der Waals surface area contributed by atoms with E-state index in [2.05, 4.69) is 6.92 Å². The molecule has 0 bridgehead atoms. The maximum absolute atomic E-state index is 12.3. The molecule has 0 aromatic heterocycles. The van der Waals surface area contributed by atoms with Crippen LogP contribution in [0.4, 0.5) is 0 Å². The van der Waals surface area contributed by atoms with Crippen molar-refractivity contribution in [3.63, 3.8) is 0 Å². The fourth-order valence-electron chi connectivity index (χ4n) is 8.91. The number of hydrogen-bond donors (Lipinski definition) is 3. The van der Waals surface area contributed by atoms with Gasteiger partial charge in [-0.15, -0.1) is 0 Å². The molecule has 4 aliphatic carbocycles. The highest BCUT2D eigenvalue weighted by molar-refractivity contribution is 5.85. The molecule has 5 aliphatic rings. The Kier molecular flexibility index (Phi) is 6.07. The summed E-state index contributed by atoms with van der Waals surface area (Å²) in [6.45, 7) is 4.55. The van der Waals surface area contributed by atoms with Crippen LogP contribution in [-0.4, -0.2) is 57.6 Å². The Hall–Kier alpha value is -1.93. The van der Waals surface area contributed by atoms with Crippen LogP contribution in [0.1, 0.15) is 78.1 Å². The first kappa shape index (κ1) is 24.8. The molecule has 194 valence electrons. The van der Waals surface area contributed by atoms with Gasteiger partial charge in [-0.05, 0) is 86.0 Å². The quantitative estimate of drug-likeness (QED) is 0.502. The van der Waals surface area contributed by atoms with Gasteiger partial charge in [0.05, 0.1) is 24.5 Å². The third-order valence-corrected chi connectivity index (χ3v) is 10.9. The molecule has 4 fully saturated rings. The van der Waals surface area contributed by atoms with E-state index in [0.717, 1.165) is 44.1 Å². The standard InChI is InChI=1S/C27H38O8/c1-25-9-7-17(35-23(31)6-5-22(29)30)12-16(25)3-4-19-20(25)13-21(28)26(2)18(8-10-27(19,26)33)15-11-24(32)34-14-15/h11,16-21,28,33H,3-10,12-14H2,1-2H3,(H,29,30)/t16-,17+,18-,19-,20+,21-,25+,26+,27+/m1/s1. The third kappa shape index (κ3) is 3.74. The lowest BCUT2D eigenvalue weighted by Crippen LogP contribution is -2.67. The van der Waals surface area contributed by atoms with Crippen LogP contribution in [0.5, 0.6) is 0 Å². The number of ether oxygens (including phenoxy) is 2. The summed E-state index contributed by atoms with van der Waals surface area (Å²) in [6.07, 6.45) is 6.45. The average molecular weight is 491 g/mol. The normalized spacial score (nSPS) is 46.6. The molecule has 0 aromatic carbocycles. The molecule has 35 heavy (non-hydrogen) atoms. The molecule has 1 aliphatic heterocycles. The maximum Gasteiger partial charge on any atom is 0.331 e. The van der Waals surface area contributed by atoms with E-state index in [9.17, 15) is 24.6 Å². The molecule has 0 radical (unpaired) electrons. The number of carboxylic acids is 1. The number of aliphatic hydroxyl groups excluding tert-OH is 1. The zero-order valence-corrected chi connectivity index (χ0v) is 20.7. The van der Waals surface area contributed by atoms with Gasteiger partial charge in [0.15, 0.2) is 0 Å². The Labute approximate surface area is 206 Å². The predicted molar refractivity (Wildman–Crippen MR) is 124 cm³/mol. The van der Waals surface area contributed by atoms with Gasteiger partial charge in [-0.2, -0.15) is 0 Å². The summed E-state index contributed by atoms with van der Waals surface area (Å²) in [6, 6.07) is 0. The van der Waals surface area contributed by atoms with Crippen LogP contribution in [0.25, 0.3) is 0 Å². The van der Waals surface area contributed by atoms with Gasteiger partial charge >= 0.3 is 17.9 Å². The molecule has 1 heterocycles. The van der Waals surface area contributed by atoms with Crippen molar-refractivity contribution in [2.24, 2.45) is 34.5 Å². The number of esters is 2. The number of carboxylic acid groups (broad SMARTS) is 1. The Morgan fingerprint density at radius 3 is 2.54 bits per heavy atom. The minimum Gasteiger partial charge on any atom is -0.481 e. The van der Waals surface area contributed by atoms with E-state index in [1.165, 1.54) is 0 Å². The number of rotatable bonds is 5. The molecule has 5 rings (SSSR count). The van der Waals surface area contributed by atoms with E-state index < -0.39 is 29.1 Å². The Morgan fingerprint density at radius 1 is 1.09 bits per heavy atom. The molecule has 0 unspecified atom stereocenters. The minimum atomic E-state index is -1.00. The lowest BCUT2D eigenvalue weighted by molar-refractivity contribution is -0.245. The summed E-state index contributed by atoms with van der Waals surface area (Å²) in [5.41, 5.74) is -0.875. The van der Waals surface area contributed by atoms with E-state index in [0.29, 0.717) is 18.8 Å². The highest BCUT2D eigenvalue weighted by Crippen LogP contribution is 2.70. The smallest absolute Gasteiger partial charge is 0.331 e. The van der Waals surface area contributed by atoms with E-state index in [4.69, 9.17) is 14.6 Å². The molecule has 8 nitrogen and oxygen atoms in total. The monoisotopic (exact) mass is 490 g/mol. The third-order valence-electron chi connectivity index (χ3n) is 10.9. The number of aliphatic hydroxyl groups is 2. The van der Waals surface area contributed by atoms with Crippen molar-refractivity contribution in [2.45, 2.75) is 95.9 Å². The van der Waals surface area contributed by atoms with Crippen molar-refractivity contribution in [1.29, 1.82) is 0 Å². The molecule has 0 amide bonds. The number of aliphatic carboxylic acids is 1. The summed E-state index contributed by atoms with van der Waals surface area (Å²) in [7, 11) is 0. The van der Waals surface area contributed by atoms with Gasteiger partial charge in [0.25, 0.3) is 0 Å². The van der Waals surface area contributed by atoms with Gasteiger partial charge in [-0.25, -0.2) is 4.79 Å². The molecule has 4 saturated carbocycles. The van der Waals surface area contributed by atoms with Crippen LogP contribution in [-0.2, 0) is 23.9 Å². The molecular weight excluding hydrogens is 452 g/mol. The van der Waals surface area contributed by atoms with Gasteiger partial charge in [0.1, 0.15) is 12.7 Å². The first-order valence-corrected chi connectivity index (χ1v) is 13.2. The molecule has 0 aromatic rings. The fraction of sp³-hybridized carbons (Fsp3) is 0.815. The lowest BCUT2D eigenvalue weighted by Gasteiger charge is -2.65. The van der Waals surface area contributed by atoms with Crippen LogP contribution < -0.4 is 0 Å². The molecular formula is C27H38O8. The van der Waals surface area contributed by atoms with Crippen molar-refractivity contribution in [1.82, 2.24) is 0 Å². The van der Waals surface area contributed by atoms with Crippen molar-refractivity contribution in [2.75, 3.05) is 6.61 Å². The average Bonchev–Trinajstić information content (AvgIpc) is 3.34. The zero-order valence-electron chi connectivity index (χ0n) is 20.7. The lowest BCUT2D eigenvalue weighted by atomic mass is 9.42. The molecule has 9 atom stereocenters. The Balaban J connectivity index is 1.33. The summed E-state index contributed by atoms with van der Waals surface area (Å²) >= 11 is 0. The van der Waals surface area contributed by atoms with E-state index in [-0.39, 0.29) is 54.7 Å². The summed E-state index contributed by atoms with van der Waals surface area (Å²) in [4.78, 5) is 34.6. The van der Waals surface area contributed by atoms with E-state index in [1.54, 1.807) is 6.08 Å². The van der Waals surface area contributed by atoms with Gasteiger partial charge in [-0.1, -0.05) is 13.8 Å². The predicted octanol–water partition coefficient (Wildman–Crippen LogP) is 2.99. The summed E-state index contributed by atoms with van der Waals surface area (Å²) < 4.78 is 10.8. The van der Waals surface area contributed by atoms with Crippen molar-refractivity contribution in [3.8, 4) is 0 Å². The van der Waals surface area contributed by atoms with Crippen LogP contribution in [0.15, 0.2) is 11.6 Å². The maximum atomic E-state index is 12.3. The van der Waals surface area contributed by atoms with Gasteiger partial charge in [0, 0.05) is 11.5 Å². The van der Waals surface area contributed by atoms with Crippen LogP contribution in [0.3, 0.4) is 0 Å². The number of fused-ring (bicyclic) bond motifs is 5. The van der Waals surface area contributed by atoms with Crippen LogP contribution >= 0.6 is 0 Å². The number of hydrogen-bond acceptors (Lipinski definition) is 7. The molecule has 3 N–H and O–H groups in total. The van der Waals surface area contributed by atoms with E-state index in [1.807, 2.05) is 6.92 Å². The molecule has 0 saturated heterocycles. The topological polar surface area (TPSA) is 130 Å². The first-order valence-electron chi connectivity index (χ1n) is 13.2. The summed E-state index contributed by atoms with van der Waals surface area (Å²) in [5, 5.41) is 32.7. The Morgan fingerprint density at radius 2 is 1.86 bits per heavy atom. The van der Waals surface area contributed by atoms with Crippen LogP contribution in [0.2, 0.25) is 0 Å². The highest BCUT2D eigenvalue weighted by Gasteiger charge is 2.70. The highest BCUT2D eigenvalue weighted by atomic mass is 16.5. The van der Waals surface area contributed by atoms with E-state index >= 15 is 0 Å². The largest absolute Gasteiger partial charge is 0.481 e. The second-order valence-electron chi connectivity index (χ2n) is 12.1. The van der Waals surface area contributed by atoms with Crippen molar-refractivity contribution in [3.05, 3.63) is 11.6 Å². The second-order valence-corrected chi connectivity index (χ2v) is 12.1. The number of carbonyl (C=O) groups is 3. The molecule has 0 spiro atoms. The minimum absolute atomic E-state index is 0.0608. The van der Waals surface area contributed by atoms with Gasteiger partial charge < -0.3 is 24.8 Å². The second kappa shape index (κ2) is 8.58. The van der Waals surface area contributed by atoms with Gasteiger partial charge in [-0.3, -0.25) is 9.59 Å². The molecule has 8 heteroatoms.